The van der Waals surface area contributed by atoms with E-state index in [9.17, 15) is 4.79 Å². The maximum atomic E-state index is 11.4. The van der Waals surface area contributed by atoms with Gasteiger partial charge in [0.25, 0.3) is 0 Å². The van der Waals surface area contributed by atoms with Crippen molar-refractivity contribution in [3.8, 4) is 5.75 Å². The van der Waals surface area contributed by atoms with Crippen molar-refractivity contribution in [2.24, 2.45) is 0 Å². The van der Waals surface area contributed by atoms with Crippen LogP contribution in [0.4, 0.5) is 0 Å². The van der Waals surface area contributed by atoms with Crippen molar-refractivity contribution in [3.63, 3.8) is 0 Å². The predicted molar refractivity (Wildman–Crippen MR) is 66.7 cm³/mol. The van der Waals surface area contributed by atoms with Crippen LogP contribution < -0.4 is 10.1 Å². The van der Waals surface area contributed by atoms with Gasteiger partial charge in [0.05, 0.1) is 13.7 Å². The molecule has 17 heavy (non-hydrogen) atoms. The zero-order valence-corrected chi connectivity index (χ0v) is 10.0. The molecule has 0 radical (unpaired) electrons. The molecule has 0 spiro atoms. The van der Waals surface area contributed by atoms with Crippen molar-refractivity contribution in [2.45, 2.75) is 13.0 Å². The molecule has 4 nitrogen and oxygen atoms in total. The highest BCUT2D eigenvalue weighted by Crippen LogP contribution is 2.13. The molecule has 2 N–H and O–H groups in total. The summed E-state index contributed by atoms with van der Waals surface area (Å²) in [7, 11) is 1.60. The Morgan fingerprint density at radius 2 is 2.35 bits per heavy atom. The number of amides is 1. The van der Waals surface area contributed by atoms with E-state index in [0.717, 1.165) is 11.3 Å². The van der Waals surface area contributed by atoms with Gasteiger partial charge in [-0.05, 0) is 30.7 Å². The molecule has 0 aromatic heterocycles. The topological polar surface area (TPSA) is 58.6 Å². The predicted octanol–water partition coefficient (Wildman–Crippen LogP) is 1.21. The lowest BCUT2D eigenvalue weighted by atomic mass is 10.2. The van der Waals surface area contributed by atoms with Crippen LogP contribution in [0.3, 0.4) is 0 Å². The van der Waals surface area contributed by atoms with Crippen molar-refractivity contribution in [2.75, 3.05) is 13.7 Å². The lowest BCUT2D eigenvalue weighted by Crippen LogP contribution is -2.33. The number of carbonyl (C=O) groups excluding carboxylic acids is 1. The summed E-state index contributed by atoms with van der Waals surface area (Å²) in [6.45, 7) is 1.66. The molecule has 0 aliphatic rings. The SMILES string of the molecule is COc1cccc(C=CC(=O)N[C@@H](C)CO)c1. The van der Waals surface area contributed by atoms with Gasteiger partial charge in [-0.2, -0.15) is 0 Å². The Kier molecular flexibility index (Phi) is 5.23. The van der Waals surface area contributed by atoms with Crippen LogP contribution in [0.25, 0.3) is 6.08 Å². The summed E-state index contributed by atoms with van der Waals surface area (Å²) in [5.41, 5.74) is 0.885. The fourth-order valence-corrected chi connectivity index (χ4v) is 1.25. The van der Waals surface area contributed by atoms with Gasteiger partial charge in [-0.25, -0.2) is 0 Å². The molecule has 0 aliphatic carbocycles. The average Bonchev–Trinajstić information content (AvgIpc) is 2.36. The fraction of sp³-hybridized carbons (Fsp3) is 0.308. The molecule has 0 unspecified atom stereocenters. The molecule has 4 heteroatoms. The molecule has 1 amide bonds. The Hall–Kier alpha value is -1.81. The number of carbonyl (C=O) groups is 1. The maximum absolute atomic E-state index is 11.4. The Labute approximate surface area is 101 Å². The molecule has 1 aromatic carbocycles. The molecule has 1 aromatic rings. The largest absolute Gasteiger partial charge is 0.497 e. The second-order valence-electron chi connectivity index (χ2n) is 3.70. The summed E-state index contributed by atoms with van der Waals surface area (Å²) >= 11 is 0. The summed E-state index contributed by atoms with van der Waals surface area (Å²) in [5.74, 6) is 0.519. The van der Waals surface area contributed by atoms with Gasteiger partial charge in [0, 0.05) is 12.1 Å². The number of ether oxygens (including phenoxy) is 1. The number of aliphatic hydroxyl groups is 1. The molecule has 0 bridgehead atoms. The van der Waals surface area contributed by atoms with Gasteiger partial charge in [0.15, 0.2) is 0 Å². The summed E-state index contributed by atoms with van der Waals surface area (Å²) in [5, 5.41) is 11.4. The first-order valence-electron chi connectivity index (χ1n) is 5.39. The Bertz CT molecular complexity index is 401. The zero-order valence-electron chi connectivity index (χ0n) is 10.0. The molecule has 0 aliphatic heterocycles. The van der Waals surface area contributed by atoms with Gasteiger partial charge in [-0.1, -0.05) is 12.1 Å². The van der Waals surface area contributed by atoms with Crippen molar-refractivity contribution >= 4 is 12.0 Å². The minimum atomic E-state index is -0.238. The normalized spacial score (nSPS) is 12.4. The minimum absolute atomic E-state index is 0.0707. The second kappa shape index (κ2) is 6.70. The van der Waals surface area contributed by atoms with E-state index in [1.807, 2.05) is 24.3 Å². The third kappa shape index (κ3) is 4.70. The van der Waals surface area contributed by atoms with Crippen molar-refractivity contribution in [3.05, 3.63) is 35.9 Å². The number of methoxy groups -OCH3 is 1. The first kappa shape index (κ1) is 13.3. The standard InChI is InChI=1S/C13H17NO3/c1-10(9-15)14-13(16)7-6-11-4-3-5-12(8-11)17-2/h3-8,10,15H,9H2,1-2H3,(H,14,16)/t10-/m0/s1. The highest BCUT2D eigenvalue weighted by molar-refractivity contribution is 5.91. The number of rotatable bonds is 5. The molecular formula is C13H17NO3. The summed E-state index contributed by atoms with van der Waals surface area (Å²) in [6.07, 6.45) is 3.13. The molecule has 0 saturated carbocycles. The minimum Gasteiger partial charge on any atom is -0.497 e. The van der Waals surface area contributed by atoms with Gasteiger partial charge in [0.2, 0.25) is 5.91 Å². The van der Waals surface area contributed by atoms with Crippen LogP contribution in [0, 0.1) is 0 Å². The lowest BCUT2D eigenvalue weighted by molar-refractivity contribution is -0.117. The van der Waals surface area contributed by atoms with Gasteiger partial charge in [-0.15, -0.1) is 0 Å². The van der Waals surface area contributed by atoms with E-state index < -0.39 is 0 Å². The lowest BCUT2D eigenvalue weighted by Gasteiger charge is -2.07. The van der Waals surface area contributed by atoms with Crippen LogP contribution in [0.5, 0.6) is 5.75 Å². The molecule has 1 atom stereocenters. The van der Waals surface area contributed by atoms with Gasteiger partial charge >= 0.3 is 0 Å². The van der Waals surface area contributed by atoms with Crippen LogP contribution in [-0.2, 0) is 4.79 Å². The zero-order chi connectivity index (χ0) is 12.7. The van der Waals surface area contributed by atoms with Crippen LogP contribution >= 0.6 is 0 Å². The molecule has 92 valence electrons. The van der Waals surface area contributed by atoms with Gasteiger partial charge in [-0.3, -0.25) is 4.79 Å². The highest BCUT2D eigenvalue weighted by Gasteiger charge is 2.01. The third-order valence-corrected chi connectivity index (χ3v) is 2.18. The van der Waals surface area contributed by atoms with Crippen molar-refractivity contribution < 1.29 is 14.6 Å². The number of benzene rings is 1. The van der Waals surface area contributed by atoms with E-state index in [0.29, 0.717) is 0 Å². The smallest absolute Gasteiger partial charge is 0.244 e. The molecule has 1 rings (SSSR count). The van der Waals surface area contributed by atoms with E-state index in [4.69, 9.17) is 9.84 Å². The Morgan fingerprint density at radius 3 is 3.00 bits per heavy atom. The number of hydrogen-bond acceptors (Lipinski definition) is 3. The van der Waals surface area contributed by atoms with E-state index in [2.05, 4.69) is 5.32 Å². The van der Waals surface area contributed by atoms with Crippen molar-refractivity contribution in [1.82, 2.24) is 5.32 Å². The van der Waals surface area contributed by atoms with Crippen LogP contribution in [0.1, 0.15) is 12.5 Å². The Morgan fingerprint density at radius 1 is 1.59 bits per heavy atom. The van der Waals surface area contributed by atoms with Gasteiger partial charge in [0.1, 0.15) is 5.75 Å². The molecule has 0 saturated heterocycles. The van der Waals surface area contributed by atoms with Crippen LogP contribution in [-0.4, -0.2) is 30.8 Å². The third-order valence-electron chi connectivity index (χ3n) is 2.18. The van der Waals surface area contributed by atoms with E-state index in [1.54, 1.807) is 20.1 Å². The summed E-state index contributed by atoms with van der Waals surface area (Å²) in [6, 6.07) is 7.16. The van der Waals surface area contributed by atoms with Crippen LogP contribution in [0.15, 0.2) is 30.3 Å². The second-order valence-corrected chi connectivity index (χ2v) is 3.70. The molecule has 0 fully saturated rings. The first-order chi connectivity index (χ1) is 8.15. The van der Waals surface area contributed by atoms with Gasteiger partial charge < -0.3 is 15.2 Å². The van der Waals surface area contributed by atoms with Crippen molar-refractivity contribution in [1.29, 1.82) is 0 Å². The first-order valence-corrected chi connectivity index (χ1v) is 5.39. The number of nitrogens with one attached hydrogen (secondary N) is 1. The summed E-state index contributed by atoms with van der Waals surface area (Å²) < 4.78 is 5.08. The van der Waals surface area contributed by atoms with E-state index in [1.165, 1.54) is 6.08 Å². The monoisotopic (exact) mass is 235 g/mol. The number of aliphatic hydroxyl groups excluding tert-OH is 1. The molecular weight excluding hydrogens is 218 g/mol. The number of hydrogen-bond donors (Lipinski definition) is 2. The average molecular weight is 235 g/mol. The quantitative estimate of drug-likeness (QED) is 0.754. The molecule has 0 heterocycles. The summed E-state index contributed by atoms with van der Waals surface area (Å²) in [4.78, 5) is 11.4. The Balaban J connectivity index is 2.60. The van der Waals surface area contributed by atoms with Crippen LogP contribution in [0.2, 0.25) is 0 Å². The highest BCUT2D eigenvalue weighted by atomic mass is 16.5. The maximum Gasteiger partial charge on any atom is 0.244 e. The van der Waals surface area contributed by atoms with E-state index >= 15 is 0 Å². The van der Waals surface area contributed by atoms with E-state index in [-0.39, 0.29) is 18.6 Å². The fourth-order valence-electron chi connectivity index (χ4n) is 1.25.